The largest absolute Gasteiger partial charge is 0.497 e. The van der Waals surface area contributed by atoms with Crippen molar-refractivity contribution in [2.45, 2.75) is 26.8 Å². The molecule has 0 saturated heterocycles. The Kier molecular flexibility index (Phi) is 6.64. The molecule has 4 nitrogen and oxygen atoms in total. The molecule has 168 valence electrons. The second-order valence-electron chi connectivity index (χ2n) is 8.25. The summed E-state index contributed by atoms with van der Waals surface area (Å²) in [5.41, 5.74) is 8.07. The minimum absolute atomic E-state index is 0.314. The molecule has 0 bridgehead atoms. The van der Waals surface area contributed by atoms with Gasteiger partial charge in [-0.1, -0.05) is 72.3 Å². The summed E-state index contributed by atoms with van der Waals surface area (Å²) >= 11 is 0. The van der Waals surface area contributed by atoms with Gasteiger partial charge in [-0.05, 0) is 48.2 Å². The number of carbonyl (C=O) groups excluding carboxylic acids is 1. The van der Waals surface area contributed by atoms with E-state index in [2.05, 4.69) is 60.0 Å². The third-order valence-electron chi connectivity index (χ3n) is 6.07. The summed E-state index contributed by atoms with van der Waals surface area (Å²) in [4.78, 5) is 13.0. The summed E-state index contributed by atoms with van der Waals surface area (Å²) < 4.78 is 12.8. The molecule has 0 aliphatic heterocycles. The lowest BCUT2D eigenvalue weighted by molar-refractivity contribution is 0.0601. The molecule has 33 heavy (non-hydrogen) atoms. The van der Waals surface area contributed by atoms with Crippen LogP contribution in [-0.2, 0) is 17.7 Å². The molecule has 4 rings (SSSR count). The predicted molar refractivity (Wildman–Crippen MR) is 132 cm³/mol. The lowest BCUT2D eigenvalue weighted by Gasteiger charge is -2.16. The van der Waals surface area contributed by atoms with Gasteiger partial charge in [0.05, 0.1) is 25.5 Å². The van der Waals surface area contributed by atoms with E-state index in [-0.39, 0.29) is 5.97 Å². The van der Waals surface area contributed by atoms with Crippen LogP contribution in [0.1, 0.15) is 38.3 Å². The van der Waals surface area contributed by atoms with Crippen molar-refractivity contribution in [2.75, 3.05) is 14.2 Å². The number of esters is 1. The Hall–Kier alpha value is -3.79. The molecule has 0 radical (unpaired) electrons. The zero-order valence-electron chi connectivity index (χ0n) is 19.6. The summed E-state index contributed by atoms with van der Waals surface area (Å²) in [6.07, 6.45) is 0.693. The lowest BCUT2D eigenvalue weighted by atomic mass is 10.0. The molecule has 4 heteroatoms. The number of benzene rings is 3. The molecular weight excluding hydrogens is 410 g/mol. The van der Waals surface area contributed by atoms with Crippen molar-refractivity contribution in [3.63, 3.8) is 0 Å². The number of aryl methyl sites for hydroxylation is 1. The fourth-order valence-corrected chi connectivity index (χ4v) is 4.26. The quantitative estimate of drug-likeness (QED) is 0.322. The van der Waals surface area contributed by atoms with Crippen molar-refractivity contribution < 1.29 is 14.3 Å². The van der Waals surface area contributed by atoms with Gasteiger partial charge < -0.3 is 14.0 Å². The van der Waals surface area contributed by atoms with Gasteiger partial charge in [0, 0.05) is 18.7 Å². The van der Waals surface area contributed by atoms with Crippen LogP contribution in [0.3, 0.4) is 0 Å². The second kappa shape index (κ2) is 9.78. The average molecular weight is 440 g/mol. The summed E-state index contributed by atoms with van der Waals surface area (Å²) in [6.45, 7) is 4.74. The fourth-order valence-electron chi connectivity index (χ4n) is 4.26. The monoisotopic (exact) mass is 439 g/mol. The summed E-state index contributed by atoms with van der Waals surface area (Å²) in [5.74, 6) is 0.511. The third kappa shape index (κ3) is 4.70. The van der Waals surface area contributed by atoms with E-state index in [0.29, 0.717) is 18.5 Å². The Morgan fingerprint density at radius 3 is 2.09 bits per heavy atom. The molecule has 0 saturated carbocycles. The lowest BCUT2D eigenvalue weighted by Crippen LogP contribution is -2.09. The third-order valence-corrected chi connectivity index (χ3v) is 6.07. The Morgan fingerprint density at radius 2 is 1.48 bits per heavy atom. The topological polar surface area (TPSA) is 40.5 Å². The predicted octanol–water partition coefficient (Wildman–Crippen LogP) is 6.21. The zero-order valence-corrected chi connectivity index (χ0v) is 19.6. The van der Waals surface area contributed by atoms with Crippen molar-refractivity contribution in [3.8, 4) is 17.0 Å². The normalized spacial score (nSPS) is 10.8. The van der Waals surface area contributed by atoms with Crippen molar-refractivity contribution in [1.82, 2.24) is 4.57 Å². The van der Waals surface area contributed by atoms with E-state index in [9.17, 15) is 4.79 Å². The smallest absolute Gasteiger partial charge is 0.340 e. The Labute approximate surface area is 195 Å². The molecule has 3 aromatic carbocycles. The van der Waals surface area contributed by atoms with Crippen LogP contribution in [0.2, 0.25) is 0 Å². The van der Waals surface area contributed by atoms with Gasteiger partial charge in [0.25, 0.3) is 0 Å². The van der Waals surface area contributed by atoms with E-state index in [1.807, 2.05) is 37.3 Å². The van der Waals surface area contributed by atoms with Gasteiger partial charge in [0.15, 0.2) is 0 Å². The zero-order chi connectivity index (χ0) is 23.4. The number of hydrogen-bond acceptors (Lipinski definition) is 3. The first kappa shape index (κ1) is 22.4. The van der Waals surface area contributed by atoms with E-state index < -0.39 is 0 Å². The van der Waals surface area contributed by atoms with E-state index in [1.54, 1.807) is 7.11 Å². The summed E-state index contributed by atoms with van der Waals surface area (Å²) in [6, 6.07) is 26.7. The van der Waals surface area contributed by atoms with Crippen molar-refractivity contribution in [2.24, 2.45) is 0 Å². The number of ether oxygens (including phenoxy) is 2. The van der Waals surface area contributed by atoms with E-state index in [4.69, 9.17) is 9.47 Å². The van der Waals surface area contributed by atoms with Crippen LogP contribution in [0.4, 0.5) is 0 Å². The Bertz CT molecular complexity index is 1240. The standard InChI is InChI=1S/C29H29NO3/c1-20-10-14-24(15-11-20)28-27(29(31)33-4)21(2)26(18-22-12-16-25(32-3)17-13-22)30(28)19-23-8-6-5-7-9-23/h5-17H,18-19H2,1-4H3. The summed E-state index contributed by atoms with van der Waals surface area (Å²) in [5, 5.41) is 0. The van der Waals surface area contributed by atoms with Crippen LogP contribution in [-0.4, -0.2) is 24.8 Å². The first-order chi connectivity index (χ1) is 16.0. The molecule has 0 aliphatic carbocycles. The number of rotatable bonds is 7. The van der Waals surface area contributed by atoms with Crippen LogP contribution in [0, 0.1) is 13.8 Å². The van der Waals surface area contributed by atoms with Gasteiger partial charge in [0.2, 0.25) is 0 Å². The molecular formula is C29H29NO3. The maximum absolute atomic E-state index is 13.0. The van der Waals surface area contributed by atoms with Crippen LogP contribution in [0.5, 0.6) is 5.75 Å². The number of carbonyl (C=O) groups is 1. The average Bonchev–Trinajstić information content (AvgIpc) is 3.11. The van der Waals surface area contributed by atoms with Crippen molar-refractivity contribution >= 4 is 5.97 Å². The minimum Gasteiger partial charge on any atom is -0.497 e. The first-order valence-electron chi connectivity index (χ1n) is 11.1. The molecule has 0 amide bonds. The van der Waals surface area contributed by atoms with Gasteiger partial charge in [-0.25, -0.2) is 4.79 Å². The van der Waals surface area contributed by atoms with Gasteiger partial charge in [-0.15, -0.1) is 0 Å². The second-order valence-corrected chi connectivity index (χ2v) is 8.25. The Balaban J connectivity index is 1.92. The number of hydrogen-bond donors (Lipinski definition) is 0. The number of aromatic nitrogens is 1. The maximum Gasteiger partial charge on any atom is 0.340 e. The van der Waals surface area contributed by atoms with Crippen LogP contribution in [0.25, 0.3) is 11.3 Å². The highest BCUT2D eigenvalue weighted by Gasteiger charge is 2.26. The van der Waals surface area contributed by atoms with E-state index in [1.165, 1.54) is 18.2 Å². The number of methoxy groups -OCH3 is 2. The molecule has 1 aromatic heterocycles. The highest BCUT2D eigenvalue weighted by Crippen LogP contribution is 2.34. The van der Waals surface area contributed by atoms with Gasteiger partial charge in [-0.2, -0.15) is 0 Å². The van der Waals surface area contributed by atoms with Crippen LogP contribution >= 0.6 is 0 Å². The van der Waals surface area contributed by atoms with Crippen LogP contribution < -0.4 is 4.74 Å². The minimum atomic E-state index is -0.314. The highest BCUT2D eigenvalue weighted by atomic mass is 16.5. The molecule has 0 fully saturated rings. The fraction of sp³-hybridized carbons (Fsp3) is 0.207. The molecule has 0 unspecified atom stereocenters. The highest BCUT2D eigenvalue weighted by molar-refractivity contribution is 5.99. The molecule has 1 heterocycles. The summed E-state index contributed by atoms with van der Waals surface area (Å²) in [7, 11) is 3.11. The molecule has 0 atom stereocenters. The van der Waals surface area contributed by atoms with Crippen molar-refractivity contribution in [1.29, 1.82) is 0 Å². The molecule has 0 aliphatic rings. The molecule has 0 spiro atoms. The van der Waals surface area contributed by atoms with E-state index in [0.717, 1.165) is 33.8 Å². The SMILES string of the molecule is COC(=O)c1c(C)c(Cc2ccc(OC)cc2)n(Cc2ccccc2)c1-c1ccc(C)cc1. The maximum atomic E-state index is 13.0. The van der Waals surface area contributed by atoms with Crippen LogP contribution in [0.15, 0.2) is 78.9 Å². The van der Waals surface area contributed by atoms with Gasteiger partial charge in [0.1, 0.15) is 5.75 Å². The first-order valence-corrected chi connectivity index (χ1v) is 11.1. The van der Waals surface area contributed by atoms with Crippen molar-refractivity contribution in [3.05, 3.63) is 112 Å². The Morgan fingerprint density at radius 1 is 0.818 bits per heavy atom. The molecule has 4 aromatic rings. The van der Waals surface area contributed by atoms with Gasteiger partial charge in [-0.3, -0.25) is 0 Å². The van der Waals surface area contributed by atoms with E-state index >= 15 is 0 Å². The molecule has 0 N–H and O–H groups in total. The van der Waals surface area contributed by atoms with Gasteiger partial charge >= 0.3 is 5.97 Å². The number of nitrogens with zero attached hydrogens (tertiary/aromatic N) is 1.